The number of piperazine rings is 1. The van der Waals surface area contributed by atoms with Crippen LogP contribution >= 0.6 is 0 Å². The lowest BCUT2D eigenvalue weighted by Gasteiger charge is -2.36. The SMILES string of the molecule is CCC1CN(C(=O)CN2CCN(S(=O)(=O)c3cccc([N+](=O)[O-])c3)CC2)CCO1. The summed E-state index contributed by atoms with van der Waals surface area (Å²) in [6, 6.07) is 5.07. The number of hydrogen-bond acceptors (Lipinski definition) is 7. The molecule has 0 aromatic heterocycles. The lowest BCUT2D eigenvalue weighted by Crippen LogP contribution is -2.53. The normalized spacial score (nSPS) is 21.8. The molecule has 1 amide bonds. The first-order valence-corrected chi connectivity index (χ1v) is 11.1. The van der Waals surface area contributed by atoms with Gasteiger partial charge in [-0.3, -0.25) is 19.8 Å². The highest BCUT2D eigenvalue weighted by molar-refractivity contribution is 7.89. The molecule has 0 bridgehead atoms. The van der Waals surface area contributed by atoms with Gasteiger partial charge in [-0.15, -0.1) is 0 Å². The highest BCUT2D eigenvalue weighted by Gasteiger charge is 2.31. The Kier molecular flexibility index (Phi) is 6.83. The van der Waals surface area contributed by atoms with Crippen molar-refractivity contribution >= 4 is 21.6 Å². The van der Waals surface area contributed by atoms with E-state index in [0.717, 1.165) is 12.5 Å². The highest BCUT2D eigenvalue weighted by atomic mass is 32.2. The zero-order chi connectivity index (χ0) is 21.0. The monoisotopic (exact) mass is 426 g/mol. The Labute approximate surface area is 170 Å². The van der Waals surface area contributed by atoms with Gasteiger partial charge < -0.3 is 9.64 Å². The second kappa shape index (κ2) is 9.16. The predicted molar refractivity (Wildman–Crippen MR) is 105 cm³/mol. The number of sulfonamides is 1. The quantitative estimate of drug-likeness (QED) is 0.482. The average molecular weight is 426 g/mol. The molecule has 1 unspecified atom stereocenters. The molecule has 3 rings (SSSR count). The molecule has 2 aliphatic rings. The van der Waals surface area contributed by atoms with Crippen molar-refractivity contribution in [1.29, 1.82) is 0 Å². The van der Waals surface area contributed by atoms with Crippen molar-refractivity contribution in [3.63, 3.8) is 0 Å². The molecule has 11 heteroatoms. The van der Waals surface area contributed by atoms with Crippen LogP contribution in [-0.4, -0.2) is 91.9 Å². The largest absolute Gasteiger partial charge is 0.375 e. The number of carbonyl (C=O) groups excluding carboxylic acids is 1. The van der Waals surface area contributed by atoms with Crippen LogP contribution in [0.4, 0.5) is 5.69 Å². The Bertz CT molecular complexity index is 854. The van der Waals surface area contributed by atoms with Gasteiger partial charge in [0.2, 0.25) is 15.9 Å². The number of hydrogen-bond donors (Lipinski definition) is 0. The number of nitro groups is 1. The topological polar surface area (TPSA) is 113 Å². The molecule has 1 atom stereocenters. The van der Waals surface area contributed by atoms with Crippen LogP contribution in [0.2, 0.25) is 0 Å². The molecule has 1 aromatic rings. The second-order valence-electron chi connectivity index (χ2n) is 7.18. The van der Waals surface area contributed by atoms with Crippen molar-refractivity contribution in [1.82, 2.24) is 14.1 Å². The molecule has 160 valence electrons. The van der Waals surface area contributed by atoms with Crippen LogP contribution in [0.1, 0.15) is 13.3 Å². The number of morpholine rings is 1. The lowest BCUT2D eigenvalue weighted by atomic mass is 10.2. The number of rotatable bonds is 6. The Hall–Kier alpha value is -2.08. The van der Waals surface area contributed by atoms with E-state index < -0.39 is 14.9 Å². The minimum Gasteiger partial charge on any atom is -0.375 e. The van der Waals surface area contributed by atoms with E-state index in [1.54, 1.807) is 0 Å². The van der Waals surface area contributed by atoms with Crippen LogP contribution in [0.15, 0.2) is 29.2 Å². The van der Waals surface area contributed by atoms with Gasteiger partial charge in [0.05, 0.1) is 29.1 Å². The van der Waals surface area contributed by atoms with Crippen molar-refractivity contribution in [2.45, 2.75) is 24.3 Å². The molecule has 29 heavy (non-hydrogen) atoms. The molecular weight excluding hydrogens is 400 g/mol. The van der Waals surface area contributed by atoms with E-state index in [2.05, 4.69) is 0 Å². The van der Waals surface area contributed by atoms with Crippen molar-refractivity contribution in [3.8, 4) is 0 Å². The molecular formula is C18H26N4O6S. The van der Waals surface area contributed by atoms with Gasteiger partial charge in [0.25, 0.3) is 5.69 Å². The maximum absolute atomic E-state index is 12.8. The van der Waals surface area contributed by atoms with Gasteiger partial charge >= 0.3 is 0 Å². The number of nitrogens with zero attached hydrogens (tertiary/aromatic N) is 4. The summed E-state index contributed by atoms with van der Waals surface area (Å²) in [6.07, 6.45) is 0.933. The van der Waals surface area contributed by atoms with Gasteiger partial charge in [-0.25, -0.2) is 8.42 Å². The number of amides is 1. The Morgan fingerprint density at radius 1 is 1.24 bits per heavy atom. The first-order chi connectivity index (χ1) is 13.8. The summed E-state index contributed by atoms with van der Waals surface area (Å²) in [6.45, 7) is 5.33. The second-order valence-corrected chi connectivity index (χ2v) is 9.11. The van der Waals surface area contributed by atoms with Crippen molar-refractivity contribution in [2.24, 2.45) is 0 Å². The van der Waals surface area contributed by atoms with Crippen LogP contribution in [0.5, 0.6) is 0 Å². The fourth-order valence-corrected chi connectivity index (χ4v) is 4.98. The molecule has 0 spiro atoms. The van der Waals surface area contributed by atoms with Gasteiger partial charge in [0.1, 0.15) is 0 Å². The summed E-state index contributed by atoms with van der Waals surface area (Å²) in [5, 5.41) is 10.9. The number of non-ortho nitro benzene ring substituents is 1. The zero-order valence-corrected chi connectivity index (χ0v) is 17.2. The summed E-state index contributed by atoms with van der Waals surface area (Å²) in [4.78, 5) is 26.5. The molecule has 2 heterocycles. The van der Waals surface area contributed by atoms with Gasteiger partial charge in [0.15, 0.2) is 0 Å². The molecule has 0 aliphatic carbocycles. The minimum absolute atomic E-state index is 0.0294. The van der Waals surface area contributed by atoms with Gasteiger partial charge in [0, 0.05) is 51.4 Å². The summed E-state index contributed by atoms with van der Waals surface area (Å²) < 4.78 is 32.5. The number of nitro benzene ring substituents is 1. The maximum atomic E-state index is 12.8. The standard InChI is InChI=1S/C18H26N4O6S/c1-2-16-13-20(10-11-28-16)18(23)14-19-6-8-21(9-7-19)29(26,27)17-5-3-4-15(12-17)22(24)25/h3-5,12,16H,2,6-11,13-14H2,1H3. The predicted octanol–water partition coefficient (Wildman–Crippen LogP) is 0.539. The van der Waals surface area contributed by atoms with E-state index in [-0.39, 0.29) is 42.2 Å². The molecule has 10 nitrogen and oxygen atoms in total. The van der Waals surface area contributed by atoms with Gasteiger partial charge in [-0.05, 0) is 12.5 Å². The van der Waals surface area contributed by atoms with Crippen LogP contribution in [0.25, 0.3) is 0 Å². The molecule has 0 radical (unpaired) electrons. The molecule has 2 saturated heterocycles. The van der Waals surface area contributed by atoms with E-state index in [9.17, 15) is 23.3 Å². The van der Waals surface area contributed by atoms with Crippen LogP contribution in [-0.2, 0) is 19.6 Å². The Morgan fingerprint density at radius 2 is 1.97 bits per heavy atom. The molecule has 2 aliphatic heterocycles. The fraction of sp³-hybridized carbons (Fsp3) is 0.611. The fourth-order valence-electron chi connectivity index (χ4n) is 3.52. The molecule has 0 N–H and O–H groups in total. The maximum Gasteiger partial charge on any atom is 0.270 e. The van der Waals surface area contributed by atoms with E-state index in [4.69, 9.17) is 4.74 Å². The molecule has 1 aromatic carbocycles. The summed E-state index contributed by atoms with van der Waals surface area (Å²) in [5.74, 6) is 0.0294. The Morgan fingerprint density at radius 3 is 2.62 bits per heavy atom. The van der Waals surface area contributed by atoms with Crippen molar-refractivity contribution in [2.75, 3.05) is 52.4 Å². The van der Waals surface area contributed by atoms with Gasteiger partial charge in [-0.1, -0.05) is 13.0 Å². The van der Waals surface area contributed by atoms with Gasteiger partial charge in [-0.2, -0.15) is 4.31 Å². The van der Waals surface area contributed by atoms with Crippen molar-refractivity contribution in [3.05, 3.63) is 34.4 Å². The first kappa shape index (κ1) is 21.6. The zero-order valence-electron chi connectivity index (χ0n) is 16.4. The third-order valence-corrected chi connectivity index (χ3v) is 7.20. The highest BCUT2D eigenvalue weighted by Crippen LogP contribution is 2.22. The first-order valence-electron chi connectivity index (χ1n) is 9.67. The number of carbonyl (C=O) groups is 1. The summed E-state index contributed by atoms with van der Waals surface area (Å²) in [5.41, 5.74) is -0.258. The number of benzene rings is 1. The van der Waals surface area contributed by atoms with E-state index in [1.807, 2.05) is 16.7 Å². The van der Waals surface area contributed by atoms with E-state index in [0.29, 0.717) is 32.8 Å². The van der Waals surface area contributed by atoms with Crippen LogP contribution in [0.3, 0.4) is 0 Å². The lowest BCUT2D eigenvalue weighted by molar-refractivity contribution is -0.385. The molecule has 0 saturated carbocycles. The number of ether oxygens (including phenoxy) is 1. The van der Waals surface area contributed by atoms with Crippen molar-refractivity contribution < 1.29 is 22.9 Å². The third-order valence-electron chi connectivity index (χ3n) is 5.30. The minimum atomic E-state index is -3.81. The van der Waals surface area contributed by atoms with Crippen LogP contribution in [0, 0.1) is 10.1 Å². The average Bonchev–Trinajstić information content (AvgIpc) is 2.74. The van der Waals surface area contributed by atoms with Crippen LogP contribution < -0.4 is 0 Å². The third kappa shape index (κ3) is 5.10. The summed E-state index contributed by atoms with van der Waals surface area (Å²) in [7, 11) is -3.81. The summed E-state index contributed by atoms with van der Waals surface area (Å²) >= 11 is 0. The Balaban J connectivity index is 1.56. The van der Waals surface area contributed by atoms with E-state index in [1.165, 1.54) is 22.5 Å². The van der Waals surface area contributed by atoms with E-state index >= 15 is 0 Å². The molecule has 2 fully saturated rings. The smallest absolute Gasteiger partial charge is 0.270 e.